The van der Waals surface area contributed by atoms with E-state index in [1.807, 2.05) is 13.1 Å². The zero-order valence-electron chi connectivity index (χ0n) is 11.2. The normalized spacial score (nSPS) is 10.2. The van der Waals surface area contributed by atoms with Crippen molar-refractivity contribution in [2.24, 2.45) is 5.73 Å². The lowest BCUT2D eigenvalue weighted by Gasteiger charge is -2.21. The van der Waals surface area contributed by atoms with Crippen molar-refractivity contribution in [3.05, 3.63) is 59.4 Å². The molecule has 0 saturated carbocycles. The van der Waals surface area contributed by atoms with Crippen LogP contribution >= 0.6 is 0 Å². The van der Waals surface area contributed by atoms with Gasteiger partial charge in [0.25, 0.3) is 0 Å². The first kappa shape index (κ1) is 13.1. The molecular formula is C15H18N4. The average Bonchev–Trinajstić information content (AvgIpc) is 2.38. The van der Waals surface area contributed by atoms with Crippen LogP contribution < -0.4 is 10.6 Å². The van der Waals surface area contributed by atoms with E-state index in [-0.39, 0.29) is 5.84 Å². The van der Waals surface area contributed by atoms with E-state index >= 15 is 0 Å². The average molecular weight is 254 g/mol. The van der Waals surface area contributed by atoms with Crippen molar-refractivity contribution >= 4 is 11.5 Å². The molecule has 2 rings (SSSR count). The molecular weight excluding hydrogens is 236 g/mol. The number of amidine groups is 1. The van der Waals surface area contributed by atoms with E-state index in [1.165, 1.54) is 11.1 Å². The maximum absolute atomic E-state index is 7.61. The number of nitrogen functional groups attached to an aromatic ring is 1. The summed E-state index contributed by atoms with van der Waals surface area (Å²) in [5.41, 5.74) is 9.65. The van der Waals surface area contributed by atoms with Crippen LogP contribution in [0.4, 0.5) is 5.69 Å². The number of nitrogens with zero attached hydrogens (tertiary/aromatic N) is 2. The zero-order chi connectivity index (χ0) is 13.8. The van der Waals surface area contributed by atoms with Gasteiger partial charge in [0.05, 0.1) is 11.9 Å². The van der Waals surface area contributed by atoms with E-state index < -0.39 is 0 Å². The fourth-order valence-corrected chi connectivity index (χ4v) is 2.09. The maximum Gasteiger partial charge on any atom is 0.125 e. The topological polar surface area (TPSA) is 66.0 Å². The van der Waals surface area contributed by atoms with Gasteiger partial charge in [0.2, 0.25) is 0 Å². The van der Waals surface area contributed by atoms with Gasteiger partial charge in [-0.25, -0.2) is 0 Å². The van der Waals surface area contributed by atoms with Crippen LogP contribution in [0.1, 0.15) is 16.7 Å². The van der Waals surface area contributed by atoms with Crippen LogP contribution in [0.3, 0.4) is 0 Å². The summed E-state index contributed by atoms with van der Waals surface area (Å²) in [7, 11) is 1.98. The van der Waals surface area contributed by atoms with Gasteiger partial charge in [-0.2, -0.15) is 0 Å². The molecule has 0 unspecified atom stereocenters. The Bertz CT molecular complexity index is 592. The second-order valence-electron chi connectivity index (χ2n) is 4.65. The molecule has 0 radical (unpaired) electrons. The Morgan fingerprint density at radius 2 is 2.16 bits per heavy atom. The number of aryl methyl sites for hydroxylation is 1. The molecule has 98 valence electrons. The zero-order valence-corrected chi connectivity index (χ0v) is 11.2. The summed E-state index contributed by atoms with van der Waals surface area (Å²) in [6.07, 6.45) is 3.40. The quantitative estimate of drug-likeness (QED) is 0.650. The summed E-state index contributed by atoms with van der Waals surface area (Å²) >= 11 is 0. The van der Waals surface area contributed by atoms with Crippen LogP contribution in [0.15, 0.2) is 42.7 Å². The third-order valence-corrected chi connectivity index (χ3v) is 3.00. The highest BCUT2D eigenvalue weighted by Gasteiger charge is 2.10. The second kappa shape index (κ2) is 5.52. The third-order valence-electron chi connectivity index (χ3n) is 3.00. The van der Waals surface area contributed by atoms with E-state index in [9.17, 15) is 0 Å². The summed E-state index contributed by atoms with van der Waals surface area (Å²) in [6.45, 7) is 2.84. The Balaban J connectivity index is 2.25. The molecule has 2 aromatic rings. The maximum atomic E-state index is 7.61. The van der Waals surface area contributed by atoms with Crippen LogP contribution in [-0.2, 0) is 6.54 Å². The Labute approximate surface area is 113 Å². The fourth-order valence-electron chi connectivity index (χ4n) is 2.09. The molecule has 0 aliphatic heterocycles. The number of aromatic nitrogens is 1. The van der Waals surface area contributed by atoms with E-state index in [0.29, 0.717) is 5.56 Å². The number of rotatable bonds is 4. The lowest BCUT2D eigenvalue weighted by molar-refractivity contribution is 0.914. The van der Waals surface area contributed by atoms with Crippen molar-refractivity contribution in [3.8, 4) is 0 Å². The summed E-state index contributed by atoms with van der Waals surface area (Å²) < 4.78 is 0. The molecule has 0 aliphatic carbocycles. The minimum Gasteiger partial charge on any atom is -0.384 e. The minimum absolute atomic E-state index is 0.0634. The molecule has 4 heteroatoms. The first-order valence-electron chi connectivity index (χ1n) is 6.13. The predicted molar refractivity (Wildman–Crippen MR) is 78.5 cm³/mol. The highest BCUT2D eigenvalue weighted by molar-refractivity contribution is 6.00. The van der Waals surface area contributed by atoms with Gasteiger partial charge >= 0.3 is 0 Å². The number of hydrogen-bond donors (Lipinski definition) is 2. The van der Waals surface area contributed by atoms with Crippen molar-refractivity contribution < 1.29 is 0 Å². The Morgan fingerprint density at radius 1 is 1.37 bits per heavy atom. The van der Waals surface area contributed by atoms with Gasteiger partial charge < -0.3 is 10.6 Å². The number of pyridine rings is 1. The highest BCUT2D eigenvalue weighted by atomic mass is 15.1. The molecule has 3 N–H and O–H groups in total. The number of nitrogens with one attached hydrogen (secondary N) is 1. The van der Waals surface area contributed by atoms with Crippen LogP contribution in [0, 0.1) is 12.3 Å². The van der Waals surface area contributed by atoms with Crippen molar-refractivity contribution in [3.63, 3.8) is 0 Å². The Morgan fingerprint density at radius 3 is 2.84 bits per heavy atom. The molecule has 0 amide bonds. The Kier molecular flexibility index (Phi) is 3.80. The highest BCUT2D eigenvalue weighted by Crippen LogP contribution is 2.19. The molecule has 1 aromatic heterocycles. The number of anilines is 1. The molecule has 0 spiro atoms. The number of hydrogen-bond acceptors (Lipinski definition) is 3. The molecule has 1 heterocycles. The smallest absolute Gasteiger partial charge is 0.125 e. The van der Waals surface area contributed by atoms with Crippen LogP contribution in [0.5, 0.6) is 0 Å². The predicted octanol–water partition coefficient (Wildman–Crippen LogP) is 2.31. The van der Waals surface area contributed by atoms with Crippen molar-refractivity contribution in [2.45, 2.75) is 13.5 Å². The standard InChI is InChI=1S/C15H18N4/c1-11-4-3-5-12(8-11)10-19(2)14-9-18-7-6-13(14)15(16)17/h3-9H,10H2,1-2H3,(H3,16,17). The summed E-state index contributed by atoms with van der Waals surface area (Å²) in [6, 6.07) is 10.1. The first-order valence-corrected chi connectivity index (χ1v) is 6.13. The van der Waals surface area contributed by atoms with Crippen molar-refractivity contribution in [2.75, 3.05) is 11.9 Å². The molecule has 1 aromatic carbocycles. The van der Waals surface area contributed by atoms with Gasteiger partial charge in [-0.1, -0.05) is 29.8 Å². The largest absolute Gasteiger partial charge is 0.384 e. The lowest BCUT2D eigenvalue weighted by Crippen LogP contribution is -2.22. The van der Waals surface area contributed by atoms with Crippen molar-refractivity contribution in [1.29, 1.82) is 5.41 Å². The molecule has 4 nitrogen and oxygen atoms in total. The molecule has 19 heavy (non-hydrogen) atoms. The van der Waals surface area contributed by atoms with Crippen LogP contribution in [0.25, 0.3) is 0 Å². The summed E-state index contributed by atoms with van der Waals surface area (Å²) in [4.78, 5) is 6.17. The fraction of sp³-hybridized carbons (Fsp3) is 0.200. The lowest BCUT2D eigenvalue weighted by atomic mass is 10.1. The SMILES string of the molecule is Cc1cccc(CN(C)c2cnccc2C(=N)N)c1. The van der Waals surface area contributed by atoms with Crippen LogP contribution in [-0.4, -0.2) is 17.9 Å². The molecule has 0 atom stereocenters. The minimum atomic E-state index is 0.0634. The van der Waals surface area contributed by atoms with Gasteiger partial charge in [-0.05, 0) is 18.6 Å². The summed E-state index contributed by atoms with van der Waals surface area (Å²) in [5, 5.41) is 7.61. The molecule has 0 saturated heterocycles. The van der Waals surface area contributed by atoms with Gasteiger partial charge in [-0.3, -0.25) is 10.4 Å². The van der Waals surface area contributed by atoms with Gasteiger partial charge in [0.1, 0.15) is 5.84 Å². The third kappa shape index (κ3) is 3.10. The van der Waals surface area contributed by atoms with E-state index in [4.69, 9.17) is 11.1 Å². The monoisotopic (exact) mass is 254 g/mol. The summed E-state index contributed by atoms with van der Waals surface area (Å²) in [5.74, 6) is 0.0634. The second-order valence-corrected chi connectivity index (χ2v) is 4.65. The van der Waals surface area contributed by atoms with E-state index in [1.54, 1.807) is 18.5 Å². The van der Waals surface area contributed by atoms with Gasteiger partial charge in [-0.15, -0.1) is 0 Å². The number of nitrogens with two attached hydrogens (primary N) is 1. The first-order chi connectivity index (χ1) is 9.08. The van der Waals surface area contributed by atoms with Crippen LogP contribution in [0.2, 0.25) is 0 Å². The van der Waals surface area contributed by atoms with Crippen molar-refractivity contribution in [1.82, 2.24) is 4.98 Å². The van der Waals surface area contributed by atoms with E-state index in [0.717, 1.165) is 12.2 Å². The van der Waals surface area contributed by atoms with Gasteiger partial charge in [0.15, 0.2) is 0 Å². The molecule has 0 aliphatic rings. The molecule has 0 bridgehead atoms. The van der Waals surface area contributed by atoms with Gasteiger partial charge in [0, 0.05) is 25.4 Å². The van der Waals surface area contributed by atoms with E-state index in [2.05, 4.69) is 35.0 Å². The number of benzene rings is 1. The Hall–Kier alpha value is -2.36. The molecule has 0 fully saturated rings.